The molecule has 1 fully saturated rings. The van der Waals surface area contributed by atoms with Gasteiger partial charge >= 0.3 is 0 Å². The van der Waals surface area contributed by atoms with E-state index in [9.17, 15) is 14.7 Å². The van der Waals surface area contributed by atoms with Crippen LogP contribution in [0.15, 0.2) is 53.5 Å². The number of hydrogen-bond acceptors (Lipinski definition) is 5. The number of benzene rings is 2. The van der Waals surface area contributed by atoms with Crippen molar-refractivity contribution in [2.75, 3.05) is 13.7 Å². The number of aromatic hydroxyl groups is 1. The number of aromatic nitrogens is 2. The Labute approximate surface area is 173 Å². The van der Waals surface area contributed by atoms with Gasteiger partial charge in [0, 0.05) is 12.6 Å². The first-order chi connectivity index (χ1) is 14.5. The summed E-state index contributed by atoms with van der Waals surface area (Å²) in [5, 5.41) is 16.6. The zero-order valence-electron chi connectivity index (χ0n) is 16.9. The molecule has 3 aromatic rings. The zero-order valence-corrected chi connectivity index (χ0v) is 16.9. The average molecular weight is 405 g/mol. The lowest BCUT2D eigenvalue weighted by Crippen LogP contribution is -2.29. The minimum Gasteiger partial charge on any atom is -0.503 e. The molecule has 1 saturated carbocycles. The van der Waals surface area contributed by atoms with Gasteiger partial charge in [-0.15, -0.1) is 0 Å². The highest BCUT2D eigenvalue weighted by Gasteiger charge is 2.22. The molecule has 1 heterocycles. The molecule has 0 atom stereocenters. The van der Waals surface area contributed by atoms with E-state index < -0.39 is 17.1 Å². The highest BCUT2D eigenvalue weighted by molar-refractivity contribution is 5.92. The van der Waals surface area contributed by atoms with Crippen LogP contribution < -0.4 is 15.5 Å². The van der Waals surface area contributed by atoms with E-state index in [0.29, 0.717) is 11.6 Å². The highest BCUT2D eigenvalue weighted by Crippen LogP contribution is 2.33. The molecule has 1 aliphatic carbocycles. The van der Waals surface area contributed by atoms with Crippen molar-refractivity contribution in [3.05, 3.63) is 70.1 Å². The standard InChI is InChI=1S/C23H23N3O4/c1-14-9-16(11-17(10-14)30-13-15-7-8-15)18-5-3-4-6-19(18)26-12-20(27)22(28)21(25-26)23(29)24-2/h3-6,9-12,15,27H,7-8,13H2,1-2H3,(H,24,29). The average Bonchev–Trinajstić information content (AvgIpc) is 3.58. The summed E-state index contributed by atoms with van der Waals surface area (Å²) < 4.78 is 7.31. The molecule has 0 bridgehead atoms. The summed E-state index contributed by atoms with van der Waals surface area (Å²) in [6.45, 7) is 2.72. The molecular weight excluding hydrogens is 382 g/mol. The first-order valence-electron chi connectivity index (χ1n) is 9.85. The summed E-state index contributed by atoms with van der Waals surface area (Å²) in [4.78, 5) is 24.2. The number of hydrogen-bond donors (Lipinski definition) is 2. The maximum Gasteiger partial charge on any atom is 0.275 e. The van der Waals surface area contributed by atoms with E-state index in [0.717, 1.165) is 29.0 Å². The SMILES string of the molecule is CNC(=O)c1nn(-c2ccccc2-c2cc(C)cc(OCC3CC3)c2)cc(O)c1=O. The minimum atomic E-state index is -0.811. The normalized spacial score (nSPS) is 13.1. The molecule has 0 saturated heterocycles. The molecule has 1 aromatic heterocycles. The molecule has 0 spiro atoms. The lowest BCUT2D eigenvalue weighted by molar-refractivity contribution is 0.0954. The number of carbonyl (C=O) groups is 1. The van der Waals surface area contributed by atoms with Crippen LogP contribution in [0.25, 0.3) is 16.8 Å². The molecule has 0 unspecified atom stereocenters. The topological polar surface area (TPSA) is 93.5 Å². The first-order valence-corrected chi connectivity index (χ1v) is 9.85. The summed E-state index contributed by atoms with van der Waals surface area (Å²) >= 11 is 0. The van der Waals surface area contributed by atoms with Gasteiger partial charge in [0.1, 0.15) is 5.75 Å². The fourth-order valence-corrected chi connectivity index (χ4v) is 3.27. The number of para-hydroxylation sites is 1. The van der Waals surface area contributed by atoms with Crippen molar-refractivity contribution in [3.63, 3.8) is 0 Å². The molecule has 7 nitrogen and oxygen atoms in total. The Hall–Kier alpha value is -3.61. The lowest BCUT2D eigenvalue weighted by atomic mass is 10.0. The van der Waals surface area contributed by atoms with E-state index in [1.54, 1.807) is 0 Å². The Bertz CT molecular complexity index is 1170. The molecular formula is C23H23N3O4. The molecule has 0 radical (unpaired) electrons. The van der Waals surface area contributed by atoms with Crippen molar-refractivity contribution in [1.82, 2.24) is 15.1 Å². The molecule has 4 rings (SSSR count). The van der Waals surface area contributed by atoms with Gasteiger partial charge in [-0.2, -0.15) is 5.10 Å². The van der Waals surface area contributed by atoms with Gasteiger partial charge in [-0.1, -0.05) is 24.3 Å². The van der Waals surface area contributed by atoms with Crippen LogP contribution in [0.2, 0.25) is 0 Å². The Morgan fingerprint density at radius 3 is 2.77 bits per heavy atom. The second-order valence-electron chi connectivity index (χ2n) is 7.52. The zero-order chi connectivity index (χ0) is 21.3. The van der Waals surface area contributed by atoms with Gasteiger partial charge in [0.15, 0.2) is 11.4 Å². The van der Waals surface area contributed by atoms with Gasteiger partial charge < -0.3 is 15.2 Å². The molecule has 30 heavy (non-hydrogen) atoms. The van der Waals surface area contributed by atoms with Crippen LogP contribution in [0.3, 0.4) is 0 Å². The van der Waals surface area contributed by atoms with Gasteiger partial charge in [-0.3, -0.25) is 9.59 Å². The summed E-state index contributed by atoms with van der Waals surface area (Å²) in [5.41, 5.74) is 2.24. The van der Waals surface area contributed by atoms with E-state index >= 15 is 0 Å². The highest BCUT2D eigenvalue weighted by atomic mass is 16.5. The fourth-order valence-electron chi connectivity index (χ4n) is 3.27. The molecule has 2 N–H and O–H groups in total. The van der Waals surface area contributed by atoms with Gasteiger partial charge in [-0.25, -0.2) is 4.68 Å². The first kappa shape index (κ1) is 19.7. The molecule has 154 valence electrons. The van der Waals surface area contributed by atoms with Crippen LogP contribution in [0.1, 0.15) is 28.9 Å². The number of amides is 1. The smallest absolute Gasteiger partial charge is 0.275 e. The monoisotopic (exact) mass is 405 g/mol. The molecule has 1 amide bonds. The van der Waals surface area contributed by atoms with Crippen molar-refractivity contribution in [1.29, 1.82) is 0 Å². The summed E-state index contributed by atoms with van der Waals surface area (Å²) in [7, 11) is 1.40. The Morgan fingerprint density at radius 2 is 2.03 bits per heavy atom. The fraction of sp³-hybridized carbons (Fsp3) is 0.261. The molecule has 2 aromatic carbocycles. The second-order valence-corrected chi connectivity index (χ2v) is 7.52. The molecule has 0 aliphatic heterocycles. The number of rotatable bonds is 6. The van der Waals surface area contributed by atoms with Crippen molar-refractivity contribution in [2.24, 2.45) is 5.92 Å². The van der Waals surface area contributed by atoms with Crippen LogP contribution >= 0.6 is 0 Å². The van der Waals surface area contributed by atoms with E-state index in [1.165, 1.54) is 30.8 Å². The maximum absolute atomic E-state index is 12.1. The Kier molecular flexibility index (Phi) is 5.27. The second kappa shape index (κ2) is 8.02. The van der Waals surface area contributed by atoms with Crippen molar-refractivity contribution in [3.8, 4) is 28.3 Å². The predicted octanol–water partition coefficient (Wildman–Crippen LogP) is 3.06. The molecule has 7 heteroatoms. The van der Waals surface area contributed by atoms with Gasteiger partial charge in [-0.05, 0) is 55.0 Å². The van der Waals surface area contributed by atoms with E-state index in [4.69, 9.17) is 4.74 Å². The Morgan fingerprint density at radius 1 is 1.27 bits per heavy atom. The quantitative estimate of drug-likeness (QED) is 0.657. The van der Waals surface area contributed by atoms with Crippen molar-refractivity contribution < 1.29 is 14.6 Å². The van der Waals surface area contributed by atoms with Crippen LogP contribution in [0, 0.1) is 12.8 Å². The van der Waals surface area contributed by atoms with Gasteiger partial charge in [0.2, 0.25) is 0 Å². The summed E-state index contributed by atoms with van der Waals surface area (Å²) in [5.74, 6) is 0.246. The van der Waals surface area contributed by atoms with Gasteiger partial charge in [0.25, 0.3) is 11.3 Å². The summed E-state index contributed by atoms with van der Waals surface area (Å²) in [6, 6.07) is 13.5. The lowest BCUT2D eigenvalue weighted by Gasteiger charge is -2.15. The predicted molar refractivity (Wildman–Crippen MR) is 113 cm³/mol. The largest absolute Gasteiger partial charge is 0.503 e. The molecule has 1 aliphatic rings. The van der Waals surface area contributed by atoms with Crippen LogP contribution in [0.4, 0.5) is 0 Å². The van der Waals surface area contributed by atoms with Crippen LogP contribution in [0.5, 0.6) is 11.5 Å². The minimum absolute atomic E-state index is 0.370. The van der Waals surface area contributed by atoms with Crippen LogP contribution in [-0.4, -0.2) is 34.4 Å². The van der Waals surface area contributed by atoms with Crippen molar-refractivity contribution >= 4 is 5.91 Å². The third-order valence-corrected chi connectivity index (χ3v) is 5.04. The number of ether oxygens (including phenoxy) is 1. The number of nitrogens with zero attached hydrogens (tertiary/aromatic N) is 2. The van der Waals surface area contributed by atoms with Crippen LogP contribution in [-0.2, 0) is 0 Å². The van der Waals surface area contributed by atoms with E-state index in [2.05, 4.69) is 10.4 Å². The number of nitrogens with one attached hydrogen (secondary N) is 1. The Balaban J connectivity index is 1.80. The van der Waals surface area contributed by atoms with Crippen molar-refractivity contribution in [2.45, 2.75) is 19.8 Å². The maximum atomic E-state index is 12.1. The third-order valence-electron chi connectivity index (χ3n) is 5.04. The summed E-state index contributed by atoms with van der Waals surface area (Å²) in [6.07, 6.45) is 3.65. The number of aryl methyl sites for hydroxylation is 1. The third kappa shape index (κ3) is 4.05. The van der Waals surface area contributed by atoms with E-state index in [-0.39, 0.29) is 5.69 Å². The number of carbonyl (C=O) groups excluding carboxylic acids is 1. The van der Waals surface area contributed by atoms with E-state index in [1.807, 2.05) is 49.4 Å². The van der Waals surface area contributed by atoms with Gasteiger partial charge in [0.05, 0.1) is 18.5 Å².